The molecule has 2 aromatic heterocycles. The number of aryl methyl sites for hydroxylation is 1. The van der Waals surface area contributed by atoms with Gasteiger partial charge in [-0.25, -0.2) is 15.0 Å². The van der Waals surface area contributed by atoms with Crippen molar-refractivity contribution in [3.05, 3.63) is 84.5 Å². The summed E-state index contributed by atoms with van der Waals surface area (Å²) >= 11 is 0. The second-order valence-corrected chi connectivity index (χ2v) is 9.04. The molecule has 0 saturated carbocycles. The molecule has 0 N–H and O–H groups in total. The number of hydrogen-bond acceptors (Lipinski definition) is 7. The molecule has 4 heterocycles. The van der Waals surface area contributed by atoms with Gasteiger partial charge in [0.05, 0.1) is 17.8 Å². The molecule has 1 aliphatic carbocycles. The number of aromatic nitrogens is 4. The van der Waals surface area contributed by atoms with Crippen molar-refractivity contribution in [3.63, 3.8) is 0 Å². The van der Waals surface area contributed by atoms with Gasteiger partial charge in [0.25, 0.3) is 0 Å². The highest BCUT2D eigenvalue weighted by Gasteiger charge is 2.31. The summed E-state index contributed by atoms with van der Waals surface area (Å²) in [5.41, 5.74) is 3.42. The summed E-state index contributed by atoms with van der Waals surface area (Å²) < 4.78 is 13.2. The first-order chi connectivity index (χ1) is 16.7. The molecule has 0 spiro atoms. The maximum absolute atomic E-state index is 5.85. The van der Waals surface area contributed by atoms with Crippen LogP contribution in [0.4, 0.5) is 0 Å². The highest BCUT2D eigenvalue weighted by atomic mass is 16.5. The fourth-order valence-electron chi connectivity index (χ4n) is 5.02. The normalized spacial score (nSPS) is 21.2. The van der Waals surface area contributed by atoms with E-state index in [-0.39, 0.29) is 6.04 Å². The monoisotopic (exact) mass is 460 g/mol. The smallest absolute Gasteiger partial charge is 0.235 e. The van der Waals surface area contributed by atoms with Crippen LogP contribution in [0.25, 0.3) is 5.95 Å². The third-order valence-electron chi connectivity index (χ3n) is 6.67. The van der Waals surface area contributed by atoms with Crippen molar-refractivity contribution in [2.75, 3.05) is 26.7 Å². The Morgan fingerprint density at radius 1 is 1.26 bits per heavy atom. The van der Waals surface area contributed by atoms with Gasteiger partial charge in [-0.2, -0.15) is 0 Å². The number of hydrogen-bond donors (Lipinski definition) is 0. The van der Waals surface area contributed by atoms with Crippen molar-refractivity contribution in [1.29, 1.82) is 0 Å². The molecule has 34 heavy (non-hydrogen) atoms. The number of rotatable bonds is 8. The molecule has 0 amide bonds. The van der Waals surface area contributed by atoms with Crippen molar-refractivity contribution in [2.24, 2.45) is 0 Å². The molecule has 5 rings (SSSR count). The van der Waals surface area contributed by atoms with Crippen LogP contribution in [-0.2, 0) is 9.47 Å². The molecule has 178 valence electrons. The summed E-state index contributed by atoms with van der Waals surface area (Å²) in [5.74, 6) is 1.52. The highest BCUT2D eigenvalue weighted by molar-refractivity contribution is 5.29. The van der Waals surface area contributed by atoms with E-state index in [1.807, 2.05) is 17.7 Å². The van der Waals surface area contributed by atoms with Crippen molar-refractivity contribution in [2.45, 2.75) is 44.7 Å². The van der Waals surface area contributed by atoms with Crippen molar-refractivity contribution in [1.82, 2.24) is 29.3 Å². The fraction of sp³-hybridized carbons (Fsp3) is 0.423. The minimum absolute atomic E-state index is 0.0603. The first-order valence-electron chi connectivity index (χ1n) is 12.0. The van der Waals surface area contributed by atoms with Gasteiger partial charge in [-0.05, 0) is 57.8 Å². The second kappa shape index (κ2) is 10.4. The molecular weight excluding hydrogens is 428 g/mol. The van der Waals surface area contributed by atoms with Crippen LogP contribution in [0.2, 0.25) is 0 Å². The quantitative estimate of drug-likeness (QED) is 0.589. The summed E-state index contributed by atoms with van der Waals surface area (Å²) in [5, 5.41) is 0. The number of likely N-dealkylation sites (tertiary alicyclic amines) is 1. The molecule has 0 radical (unpaired) electrons. The predicted molar refractivity (Wildman–Crippen MR) is 130 cm³/mol. The molecule has 2 aliphatic heterocycles. The molecule has 1 fully saturated rings. The SMILES string of the molecule is Cc1cc(C2CCCN2CCN(C)C(C2=CC=CCC2)C2=COC=CO2)nc(-n2ccnc2)n1. The van der Waals surface area contributed by atoms with E-state index in [0.29, 0.717) is 12.0 Å². The lowest BCUT2D eigenvalue weighted by molar-refractivity contribution is 0.157. The zero-order valence-corrected chi connectivity index (χ0v) is 19.9. The van der Waals surface area contributed by atoms with Crippen LogP contribution in [-0.4, -0.2) is 62.0 Å². The summed E-state index contributed by atoms with van der Waals surface area (Å²) in [6.45, 7) is 4.96. The summed E-state index contributed by atoms with van der Waals surface area (Å²) in [7, 11) is 2.17. The largest absolute Gasteiger partial charge is 0.466 e. The van der Waals surface area contributed by atoms with Crippen LogP contribution < -0.4 is 0 Å². The summed E-state index contributed by atoms with van der Waals surface area (Å²) in [6, 6.07) is 2.48. The molecule has 1 saturated heterocycles. The molecule has 0 bridgehead atoms. The number of nitrogens with zero attached hydrogens (tertiary/aromatic N) is 6. The van der Waals surface area contributed by atoms with Crippen LogP contribution in [0.3, 0.4) is 0 Å². The van der Waals surface area contributed by atoms with Gasteiger partial charge in [-0.1, -0.05) is 18.2 Å². The third-order valence-corrected chi connectivity index (χ3v) is 6.67. The summed E-state index contributed by atoms with van der Waals surface area (Å²) in [6.07, 6.45) is 21.2. The van der Waals surface area contributed by atoms with Crippen LogP contribution >= 0.6 is 0 Å². The summed E-state index contributed by atoms with van der Waals surface area (Å²) in [4.78, 5) is 18.6. The Morgan fingerprint density at radius 2 is 2.21 bits per heavy atom. The molecular formula is C26H32N6O2. The zero-order valence-electron chi connectivity index (χ0n) is 19.9. The maximum Gasteiger partial charge on any atom is 0.235 e. The molecule has 8 nitrogen and oxygen atoms in total. The fourth-order valence-corrected chi connectivity index (χ4v) is 5.02. The number of imidazole rings is 1. The van der Waals surface area contributed by atoms with E-state index in [2.05, 4.69) is 51.1 Å². The van der Waals surface area contributed by atoms with E-state index in [9.17, 15) is 0 Å². The van der Waals surface area contributed by atoms with Crippen LogP contribution in [0.15, 0.2) is 73.1 Å². The minimum Gasteiger partial charge on any atom is -0.466 e. The van der Waals surface area contributed by atoms with E-state index in [1.54, 1.807) is 31.3 Å². The Bertz CT molecular complexity index is 1100. The molecule has 0 aromatic carbocycles. The van der Waals surface area contributed by atoms with Crippen LogP contribution in [0, 0.1) is 6.92 Å². The highest BCUT2D eigenvalue weighted by Crippen LogP contribution is 2.32. The number of likely N-dealkylation sites (N-methyl/N-ethyl adjacent to an activating group) is 1. The van der Waals surface area contributed by atoms with E-state index in [0.717, 1.165) is 56.0 Å². The molecule has 3 aliphatic rings. The van der Waals surface area contributed by atoms with E-state index < -0.39 is 0 Å². The third kappa shape index (κ3) is 4.98. The van der Waals surface area contributed by atoms with Gasteiger partial charge in [0, 0.05) is 31.2 Å². The van der Waals surface area contributed by atoms with Crippen LogP contribution in [0.5, 0.6) is 0 Å². The standard InChI is InChI=1S/C26H32N6O2/c1-20-17-22(29-26(28-20)32-12-10-27-19-32)23-9-6-11-31(23)14-13-30(2)25(21-7-4-3-5-8-21)24-18-33-15-16-34-24/h3-4,7,10,12,15-19,23,25H,5-6,8-9,11,13-14H2,1-2H3. The second-order valence-electron chi connectivity index (χ2n) is 9.04. The number of allylic oxidation sites excluding steroid dienone is 3. The average Bonchev–Trinajstić information content (AvgIpc) is 3.56. The topological polar surface area (TPSA) is 68.5 Å². The lowest BCUT2D eigenvalue weighted by atomic mass is 9.95. The first-order valence-corrected chi connectivity index (χ1v) is 12.0. The Hall–Kier alpha value is -3.23. The first kappa shape index (κ1) is 22.6. The lowest BCUT2D eigenvalue weighted by Gasteiger charge is -2.34. The molecule has 2 atom stereocenters. The molecule has 8 heteroatoms. The molecule has 2 unspecified atom stereocenters. The zero-order chi connectivity index (χ0) is 23.3. The van der Waals surface area contributed by atoms with Crippen LogP contribution in [0.1, 0.15) is 43.1 Å². The Balaban J connectivity index is 1.30. The van der Waals surface area contributed by atoms with E-state index in [1.165, 1.54) is 12.0 Å². The average molecular weight is 461 g/mol. The van der Waals surface area contributed by atoms with E-state index >= 15 is 0 Å². The Morgan fingerprint density at radius 3 is 2.97 bits per heavy atom. The van der Waals surface area contributed by atoms with Gasteiger partial charge in [-0.15, -0.1) is 0 Å². The van der Waals surface area contributed by atoms with Gasteiger partial charge in [0.1, 0.15) is 25.1 Å². The van der Waals surface area contributed by atoms with Crippen molar-refractivity contribution >= 4 is 0 Å². The maximum atomic E-state index is 5.85. The Kier molecular flexibility index (Phi) is 6.87. The van der Waals surface area contributed by atoms with Gasteiger partial charge in [0.2, 0.25) is 5.95 Å². The Labute approximate surface area is 200 Å². The number of ether oxygens (including phenoxy) is 2. The minimum atomic E-state index is 0.0603. The van der Waals surface area contributed by atoms with Gasteiger partial charge in [0.15, 0.2) is 5.76 Å². The van der Waals surface area contributed by atoms with Crippen molar-refractivity contribution < 1.29 is 9.47 Å². The molecule has 2 aromatic rings. The van der Waals surface area contributed by atoms with E-state index in [4.69, 9.17) is 14.5 Å². The predicted octanol–water partition coefficient (Wildman–Crippen LogP) is 4.04. The van der Waals surface area contributed by atoms with Gasteiger partial charge in [-0.3, -0.25) is 14.4 Å². The van der Waals surface area contributed by atoms with Crippen molar-refractivity contribution in [3.8, 4) is 5.95 Å². The van der Waals surface area contributed by atoms with Gasteiger partial charge >= 0.3 is 0 Å². The van der Waals surface area contributed by atoms with Gasteiger partial charge < -0.3 is 9.47 Å². The lowest BCUT2D eigenvalue weighted by Crippen LogP contribution is -2.41.